The zero-order chi connectivity index (χ0) is 19.8. The van der Waals surface area contributed by atoms with Gasteiger partial charge in [-0.25, -0.2) is 4.98 Å². The van der Waals surface area contributed by atoms with Gasteiger partial charge in [0.2, 0.25) is 0 Å². The molecule has 3 N–H and O–H groups in total. The molecule has 0 bridgehead atoms. The molecule has 27 heavy (non-hydrogen) atoms. The first-order chi connectivity index (χ1) is 12.7. The average molecular weight is 393 g/mol. The minimum atomic E-state index is -4.57. The summed E-state index contributed by atoms with van der Waals surface area (Å²) in [6, 6.07) is 8.75. The number of amides is 1. The number of nitrogens with two attached hydrogens (primary N) is 1. The summed E-state index contributed by atoms with van der Waals surface area (Å²) in [4.78, 5) is 16.7. The molecule has 0 aliphatic heterocycles. The van der Waals surface area contributed by atoms with Gasteiger partial charge in [0.25, 0.3) is 5.91 Å². The van der Waals surface area contributed by atoms with Crippen LogP contribution in [0.3, 0.4) is 0 Å². The molecule has 0 atom stereocenters. The van der Waals surface area contributed by atoms with Gasteiger partial charge in [0.1, 0.15) is 9.71 Å². The second-order valence-electron chi connectivity index (χ2n) is 6.27. The lowest BCUT2D eigenvalue weighted by atomic mass is 10.1. The van der Waals surface area contributed by atoms with Crippen LogP contribution in [-0.4, -0.2) is 17.4 Å². The minimum absolute atomic E-state index is 0.0541. The Morgan fingerprint density at radius 2 is 1.96 bits per heavy atom. The number of nitrogens with zero attached hydrogens (tertiary/aromatic N) is 1. The lowest BCUT2D eigenvalue weighted by molar-refractivity contribution is -0.136. The van der Waals surface area contributed by atoms with Crippen molar-refractivity contribution in [3.63, 3.8) is 0 Å². The fraction of sp³-hybridized carbons (Fsp3) is 0.263. The van der Waals surface area contributed by atoms with E-state index in [1.807, 2.05) is 31.2 Å². The maximum Gasteiger partial charge on any atom is 0.417 e. The van der Waals surface area contributed by atoms with Crippen LogP contribution >= 0.6 is 11.3 Å². The van der Waals surface area contributed by atoms with Crippen LogP contribution in [0.15, 0.2) is 30.3 Å². The monoisotopic (exact) mass is 393 g/mol. The normalized spacial score (nSPS) is 11.7. The number of nitrogens with one attached hydrogen (secondary N) is 1. The molecule has 0 spiro atoms. The van der Waals surface area contributed by atoms with Gasteiger partial charge in [-0.3, -0.25) is 4.79 Å². The van der Waals surface area contributed by atoms with Crippen LogP contribution in [0.25, 0.3) is 10.2 Å². The third-order valence-corrected chi connectivity index (χ3v) is 5.38. The van der Waals surface area contributed by atoms with Crippen molar-refractivity contribution >= 4 is 33.1 Å². The van der Waals surface area contributed by atoms with Crippen LogP contribution in [0.5, 0.6) is 0 Å². The van der Waals surface area contributed by atoms with Crippen LogP contribution in [0.2, 0.25) is 0 Å². The van der Waals surface area contributed by atoms with Crippen LogP contribution < -0.4 is 11.1 Å². The Bertz CT molecular complexity index is 1010. The van der Waals surface area contributed by atoms with Gasteiger partial charge in [-0.15, -0.1) is 11.3 Å². The number of thiophene rings is 1. The highest BCUT2D eigenvalue weighted by Gasteiger charge is 2.35. The van der Waals surface area contributed by atoms with Gasteiger partial charge in [-0.2, -0.15) is 13.2 Å². The smallest absolute Gasteiger partial charge is 0.397 e. The fourth-order valence-corrected chi connectivity index (χ4v) is 4.00. The largest absolute Gasteiger partial charge is 0.417 e. The Labute approximate surface area is 158 Å². The van der Waals surface area contributed by atoms with Crippen LogP contribution in [0.4, 0.5) is 18.9 Å². The number of halogens is 3. The third-order valence-electron chi connectivity index (χ3n) is 4.28. The zero-order valence-corrected chi connectivity index (χ0v) is 15.6. The van der Waals surface area contributed by atoms with Crippen molar-refractivity contribution in [3.8, 4) is 0 Å². The number of pyridine rings is 1. The van der Waals surface area contributed by atoms with Gasteiger partial charge in [-0.1, -0.05) is 24.3 Å². The van der Waals surface area contributed by atoms with E-state index in [1.165, 1.54) is 6.92 Å². The SMILES string of the molecule is Cc1cc(C(F)(F)F)c2c(N)c(C(=O)NCCc3ccccc3C)sc2n1. The number of fused-ring (bicyclic) bond motifs is 1. The molecule has 0 unspecified atom stereocenters. The molecule has 0 radical (unpaired) electrons. The number of aryl methyl sites for hydroxylation is 2. The highest BCUT2D eigenvalue weighted by molar-refractivity contribution is 7.21. The van der Waals surface area contributed by atoms with Gasteiger partial charge in [0.05, 0.1) is 11.3 Å². The molecule has 0 aliphatic carbocycles. The summed E-state index contributed by atoms with van der Waals surface area (Å²) >= 11 is 0.878. The molecule has 0 fully saturated rings. The van der Waals surface area contributed by atoms with E-state index in [9.17, 15) is 18.0 Å². The van der Waals surface area contributed by atoms with E-state index in [-0.39, 0.29) is 26.5 Å². The summed E-state index contributed by atoms with van der Waals surface area (Å²) in [5.74, 6) is -0.491. The Morgan fingerprint density at radius 1 is 1.26 bits per heavy atom. The molecule has 1 amide bonds. The summed E-state index contributed by atoms with van der Waals surface area (Å²) in [6.07, 6.45) is -3.95. The van der Waals surface area contributed by atoms with E-state index < -0.39 is 17.6 Å². The molecule has 0 aliphatic rings. The number of nitrogen functional groups attached to an aromatic ring is 1. The maximum atomic E-state index is 13.3. The van der Waals surface area contributed by atoms with E-state index in [2.05, 4.69) is 10.3 Å². The van der Waals surface area contributed by atoms with Crippen molar-refractivity contribution in [2.24, 2.45) is 0 Å². The lowest BCUT2D eigenvalue weighted by Gasteiger charge is -2.10. The number of hydrogen-bond acceptors (Lipinski definition) is 4. The number of aromatic nitrogens is 1. The summed E-state index contributed by atoms with van der Waals surface area (Å²) < 4.78 is 40.0. The second kappa shape index (κ2) is 7.19. The van der Waals surface area contributed by atoms with Crippen molar-refractivity contribution < 1.29 is 18.0 Å². The quantitative estimate of drug-likeness (QED) is 0.686. The highest BCUT2D eigenvalue weighted by atomic mass is 32.1. The Balaban J connectivity index is 1.85. The first-order valence-electron chi connectivity index (χ1n) is 8.28. The van der Waals surface area contributed by atoms with Crippen LogP contribution in [0, 0.1) is 13.8 Å². The second-order valence-corrected chi connectivity index (χ2v) is 7.27. The third kappa shape index (κ3) is 3.90. The molecule has 2 heterocycles. The standard InChI is InChI=1S/C19H18F3N3OS/c1-10-5-3-4-6-12(10)7-8-24-17(26)16-15(23)14-13(19(20,21)22)9-11(2)25-18(14)27-16/h3-6,9H,7-8,23H2,1-2H3,(H,24,26). The molecule has 0 saturated carbocycles. The van der Waals surface area contributed by atoms with E-state index in [0.717, 1.165) is 28.5 Å². The van der Waals surface area contributed by atoms with E-state index in [1.54, 1.807) is 0 Å². The topological polar surface area (TPSA) is 68.0 Å². The number of carbonyl (C=O) groups is 1. The molecule has 3 aromatic rings. The average Bonchev–Trinajstić information content (AvgIpc) is 2.91. The molecule has 0 saturated heterocycles. The highest BCUT2D eigenvalue weighted by Crippen LogP contribution is 2.42. The number of anilines is 1. The molecular formula is C19H18F3N3OS. The van der Waals surface area contributed by atoms with E-state index in [0.29, 0.717) is 13.0 Å². The predicted octanol–water partition coefficient (Wildman–Crippen LogP) is 4.49. The minimum Gasteiger partial charge on any atom is -0.397 e. The first-order valence-corrected chi connectivity index (χ1v) is 9.09. The van der Waals surface area contributed by atoms with E-state index >= 15 is 0 Å². The molecule has 2 aromatic heterocycles. The Kier molecular flexibility index (Phi) is 5.10. The zero-order valence-electron chi connectivity index (χ0n) is 14.8. The summed E-state index contributed by atoms with van der Waals surface area (Å²) in [5, 5.41) is 2.53. The summed E-state index contributed by atoms with van der Waals surface area (Å²) in [7, 11) is 0. The lowest BCUT2D eigenvalue weighted by Crippen LogP contribution is -2.25. The Hall–Kier alpha value is -2.61. The molecule has 4 nitrogen and oxygen atoms in total. The van der Waals surface area contributed by atoms with E-state index in [4.69, 9.17) is 5.73 Å². The van der Waals surface area contributed by atoms with Gasteiger partial charge in [-0.05, 0) is 37.5 Å². The fourth-order valence-electron chi connectivity index (χ4n) is 2.92. The van der Waals surface area contributed by atoms with Gasteiger partial charge >= 0.3 is 6.18 Å². The van der Waals surface area contributed by atoms with Crippen molar-refractivity contribution in [2.45, 2.75) is 26.4 Å². The van der Waals surface area contributed by atoms with Gasteiger partial charge in [0, 0.05) is 17.6 Å². The van der Waals surface area contributed by atoms with Gasteiger partial charge < -0.3 is 11.1 Å². The molecule has 142 valence electrons. The summed E-state index contributed by atoms with van der Waals surface area (Å²) in [6.45, 7) is 3.82. The van der Waals surface area contributed by atoms with Crippen LogP contribution in [0.1, 0.15) is 32.1 Å². The number of carbonyl (C=O) groups excluding carboxylic acids is 1. The molecule has 3 rings (SSSR count). The van der Waals surface area contributed by atoms with Gasteiger partial charge in [0.15, 0.2) is 0 Å². The van der Waals surface area contributed by atoms with Crippen molar-refractivity contribution in [2.75, 3.05) is 12.3 Å². The predicted molar refractivity (Wildman–Crippen MR) is 101 cm³/mol. The summed E-state index contributed by atoms with van der Waals surface area (Å²) in [5.41, 5.74) is 7.30. The van der Waals surface area contributed by atoms with Crippen molar-refractivity contribution in [3.05, 3.63) is 57.6 Å². The molecular weight excluding hydrogens is 375 g/mol. The van der Waals surface area contributed by atoms with Crippen molar-refractivity contribution in [1.29, 1.82) is 0 Å². The van der Waals surface area contributed by atoms with Crippen LogP contribution in [-0.2, 0) is 12.6 Å². The number of benzene rings is 1. The number of hydrogen-bond donors (Lipinski definition) is 2. The maximum absolute atomic E-state index is 13.3. The number of rotatable bonds is 4. The molecule has 1 aromatic carbocycles. The first kappa shape index (κ1) is 19.2. The molecule has 8 heteroatoms. The van der Waals surface area contributed by atoms with Crippen molar-refractivity contribution in [1.82, 2.24) is 10.3 Å². The Morgan fingerprint density at radius 3 is 2.63 bits per heavy atom. The number of alkyl halides is 3.